The first-order valence-electron chi connectivity index (χ1n) is 7.83. The van der Waals surface area contributed by atoms with Crippen molar-refractivity contribution in [2.45, 2.75) is 43.0 Å². The number of methoxy groups -OCH3 is 1. The molecule has 21 heavy (non-hydrogen) atoms. The minimum Gasteiger partial charge on any atom is -0.381 e. The third-order valence-corrected chi connectivity index (χ3v) is 6.11. The van der Waals surface area contributed by atoms with Crippen molar-refractivity contribution in [1.29, 1.82) is 0 Å². The Morgan fingerprint density at radius 3 is 2.52 bits per heavy atom. The van der Waals surface area contributed by atoms with E-state index >= 15 is 0 Å². The molecule has 2 heterocycles. The van der Waals surface area contributed by atoms with Crippen LogP contribution in [0, 0.1) is 0 Å². The number of guanidine groups is 1. The Bertz CT molecular complexity index is 351. The third-order valence-electron chi connectivity index (χ3n) is 4.57. The molecule has 1 unspecified atom stereocenters. The first kappa shape index (κ1) is 16.9. The first-order chi connectivity index (χ1) is 10.1. The summed E-state index contributed by atoms with van der Waals surface area (Å²) in [4.78, 5) is 4.33. The van der Waals surface area contributed by atoms with Crippen LogP contribution in [0.3, 0.4) is 0 Å². The van der Waals surface area contributed by atoms with Crippen LogP contribution in [0.4, 0.5) is 0 Å². The molecular weight excluding hydrogens is 286 g/mol. The normalized spacial score (nSPS) is 29.4. The van der Waals surface area contributed by atoms with E-state index in [-0.39, 0.29) is 5.60 Å². The Labute approximate surface area is 132 Å². The molecule has 2 aliphatic heterocycles. The van der Waals surface area contributed by atoms with Crippen LogP contribution < -0.4 is 10.6 Å². The van der Waals surface area contributed by atoms with E-state index in [0.717, 1.165) is 45.1 Å². The van der Waals surface area contributed by atoms with Gasteiger partial charge in [-0.25, -0.2) is 0 Å². The maximum Gasteiger partial charge on any atom is 0.191 e. The number of ether oxygens (including phenoxy) is 2. The molecule has 0 radical (unpaired) electrons. The molecule has 2 aliphatic rings. The topological polar surface area (TPSA) is 54.9 Å². The molecule has 0 amide bonds. The summed E-state index contributed by atoms with van der Waals surface area (Å²) in [5, 5.41) is 6.89. The van der Waals surface area contributed by atoms with Crippen LogP contribution in [-0.2, 0) is 9.47 Å². The number of hydrogen-bond donors (Lipinski definition) is 2. The van der Waals surface area contributed by atoms with Crippen LogP contribution in [0.15, 0.2) is 4.99 Å². The van der Waals surface area contributed by atoms with E-state index in [0.29, 0.717) is 4.75 Å². The van der Waals surface area contributed by atoms with Gasteiger partial charge in [-0.3, -0.25) is 4.99 Å². The molecule has 0 aromatic carbocycles. The van der Waals surface area contributed by atoms with Gasteiger partial charge >= 0.3 is 0 Å². The lowest BCUT2D eigenvalue weighted by Crippen LogP contribution is -2.52. The van der Waals surface area contributed by atoms with Crippen molar-refractivity contribution in [2.75, 3.05) is 46.2 Å². The van der Waals surface area contributed by atoms with Crippen LogP contribution in [0.25, 0.3) is 0 Å². The molecule has 0 aromatic rings. The van der Waals surface area contributed by atoms with E-state index in [9.17, 15) is 0 Å². The minimum absolute atomic E-state index is 0.123. The van der Waals surface area contributed by atoms with Crippen molar-refractivity contribution in [1.82, 2.24) is 10.6 Å². The van der Waals surface area contributed by atoms with Gasteiger partial charge in [0.2, 0.25) is 0 Å². The monoisotopic (exact) mass is 315 g/mol. The van der Waals surface area contributed by atoms with Crippen molar-refractivity contribution in [3.63, 3.8) is 0 Å². The Morgan fingerprint density at radius 1 is 1.24 bits per heavy atom. The fraction of sp³-hybridized carbons (Fsp3) is 0.933. The quantitative estimate of drug-likeness (QED) is 0.597. The maximum atomic E-state index is 5.74. The fourth-order valence-electron chi connectivity index (χ4n) is 2.91. The zero-order valence-corrected chi connectivity index (χ0v) is 14.4. The van der Waals surface area contributed by atoms with E-state index in [1.165, 1.54) is 18.6 Å². The van der Waals surface area contributed by atoms with Gasteiger partial charge in [-0.15, -0.1) is 0 Å². The van der Waals surface area contributed by atoms with E-state index in [4.69, 9.17) is 9.47 Å². The van der Waals surface area contributed by atoms with Gasteiger partial charge in [-0.2, -0.15) is 11.8 Å². The molecule has 0 saturated carbocycles. The van der Waals surface area contributed by atoms with E-state index < -0.39 is 0 Å². The number of nitrogens with zero attached hydrogens (tertiary/aromatic N) is 1. The molecule has 2 rings (SSSR count). The summed E-state index contributed by atoms with van der Waals surface area (Å²) in [5.74, 6) is 2.14. The van der Waals surface area contributed by atoms with Crippen molar-refractivity contribution in [3.05, 3.63) is 0 Å². The van der Waals surface area contributed by atoms with Gasteiger partial charge in [0.25, 0.3) is 0 Å². The Hall–Kier alpha value is -0.460. The van der Waals surface area contributed by atoms with Crippen LogP contribution in [-0.4, -0.2) is 62.5 Å². The molecule has 0 spiro atoms. The fourth-order valence-corrected chi connectivity index (χ4v) is 4.15. The lowest BCUT2D eigenvalue weighted by molar-refractivity contribution is -0.0855. The zero-order valence-electron chi connectivity index (χ0n) is 13.5. The molecule has 122 valence electrons. The van der Waals surface area contributed by atoms with Gasteiger partial charge in [0.05, 0.1) is 5.60 Å². The van der Waals surface area contributed by atoms with Gasteiger partial charge in [-0.05, 0) is 25.5 Å². The second-order valence-corrected chi connectivity index (χ2v) is 7.86. The Balaban J connectivity index is 1.79. The van der Waals surface area contributed by atoms with Crippen molar-refractivity contribution >= 4 is 17.7 Å². The molecule has 0 aliphatic carbocycles. The molecule has 6 heteroatoms. The van der Waals surface area contributed by atoms with Crippen LogP contribution >= 0.6 is 11.8 Å². The van der Waals surface area contributed by atoms with E-state index in [2.05, 4.69) is 34.3 Å². The summed E-state index contributed by atoms with van der Waals surface area (Å²) in [6, 6.07) is 0. The molecule has 0 aromatic heterocycles. The standard InChI is InChI=1S/C15H29N3O2S/c1-14(5-4-10-21-14)11-17-13(16-2)18-12-15(19-3)6-8-20-9-7-15/h4-12H2,1-3H3,(H2,16,17,18). The molecule has 2 N–H and O–H groups in total. The first-order valence-corrected chi connectivity index (χ1v) is 8.81. The van der Waals surface area contributed by atoms with Gasteiger partial charge in [0.1, 0.15) is 0 Å². The summed E-state index contributed by atoms with van der Waals surface area (Å²) in [6.07, 6.45) is 4.46. The average Bonchev–Trinajstić information content (AvgIpc) is 2.95. The van der Waals surface area contributed by atoms with Gasteiger partial charge in [0, 0.05) is 58.0 Å². The summed E-state index contributed by atoms with van der Waals surface area (Å²) >= 11 is 2.06. The molecule has 5 nitrogen and oxygen atoms in total. The largest absolute Gasteiger partial charge is 0.381 e. The smallest absolute Gasteiger partial charge is 0.191 e. The lowest BCUT2D eigenvalue weighted by atomic mass is 9.94. The van der Waals surface area contributed by atoms with Crippen LogP contribution in [0.1, 0.15) is 32.6 Å². The highest BCUT2D eigenvalue weighted by Crippen LogP contribution is 2.36. The van der Waals surface area contributed by atoms with E-state index in [1.807, 2.05) is 7.05 Å². The van der Waals surface area contributed by atoms with Crippen molar-refractivity contribution in [3.8, 4) is 0 Å². The zero-order chi connectivity index (χ0) is 15.2. The highest BCUT2D eigenvalue weighted by molar-refractivity contribution is 8.00. The molecule has 1 atom stereocenters. The van der Waals surface area contributed by atoms with Crippen LogP contribution in [0.5, 0.6) is 0 Å². The molecule has 2 saturated heterocycles. The van der Waals surface area contributed by atoms with Gasteiger partial charge in [0.15, 0.2) is 5.96 Å². The predicted molar refractivity (Wildman–Crippen MR) is 89.3 cm³/mol. The summed E-state index contributed by atoms with van der Waals surface area (Å²) in [6.45, 7) is 5.61. The number of thioether (sulfide) groups is 1. The second-order valence-electron chi connectivity index (χ2n) is 6.18. The van der Waals surface area contributed by atoms with Crippen molar-refractivity contribution < 1.29 is 9.47 Å². The molecular formula is C15H29N3O2S. The summed E-state index contributed by atoms with van der Waals surface area (Å²) < 4.78 is 11.5. The predicted octanol–water partition coefficient (Wildman–Crippen LogP) is 1.63. The van der Waals surface area contributed by atoms with Gasteiger partial charge in [-0.1, -0.05) is 0 Å². The summed E-state index contributed by atoms with van der Waals surface area (Å²) in [5.41, 5.74) is -0.123. The minimum atomic E-state index is -0.123. The second kappa shape index (κ2) is 7.70. The highest BCUT2D eigenvalue weighted by atomic mass is 32.2. The van der Waals surface area contributed by atoms with E-state index in [1.54, 1.807) is 7.11 Å². The number of rotatable bonds is 5. The summed E-state index contributed by atoms with van der Waals surface area (Å²) in [7, 11) is 3.61. The molecule has 2 fully saturated rings. The maximum absolute atomic E-state index is 5.74. The Morgan fingerprint density at radius 2 is 1.95 bits per heavy atom. The third kappa shape index (κ3) is 4.76. The number of nitrogens with one attached hydrogen (secondary N) is 2. The number of hydrogen-bond acceptors (Lipinski definition) is 4. The molecule has 0 bridgehead atoms. The highest BCUT2D eigenvalue weighted by Gasteiger charge is 2.33. The lowest BCUT2D eigenvalue weighted by Gasteiger charge is -2.36. The number of aliphatic imine (C=N–C) groups is 1. The SMILES string of the molecule is CN=C(NCC1(OC)CCOCC1)NCC1(C)CCCS1. The van der Waals surface area contributed by atoms with Crippen LogP contribution in [0.2, 0.25) is 0 Å². The Kier molecular flexibility index (Phi) is 6.20. The van der Waals surface area contributed by atoms with Gasteiger partial charge < -0.3 is 20.1 Å². The van der Waals surface area contributed by atoms with Crippen molar-refractivity contribution in [2.24, 2.45) is 4.99 Å². The average molecular weight is 315 g/mol.